The molecular formula is C13H22N4O. The monoisotopic (exact) mass is 250 g/mol. The van der Waals surface area contributed by atoms with Crippen LogP contribution in [0.2, 0.25) is 0 Å². The van der Waals surface area contributed by atoms with Gasteiger partial charge >= 0.3 is 0 Å². The molecule has 0 aliphatic heterocycles. The number of amides is 1. The summed E-state index contributed by atoms with van der Waals surface area (Å²) in [6.45, 7) is 2.11. The Bertz CT molecular complexity index is 395. The van der Waals surface area contributed by atoms with Gasteiger partial charge in [0.15, 0.2) is 0 Å². The molecular weight excluding hydrogens is 228 g/mol. The van der Waals surface area contributed by atoms with Gasteiger partial charge in [-0.3, -0.25) is 4.79 Å². The van der Waals surface area contributed by atoms with Gasteiger partial charge in [0.25, 0.3) is 5.91 Å². The number of rotatable bonds is 5. The van der Waals surface area contributed by atoms with Gasteiger partial charge < -0.3 is 15.2 Å². The number of carbonyl (C=O) groups is 1. The average molecular weight is 250 g/mol. The summed E-state index contributed by atoms with van der Waals surface area (Å²) in [5.41, 5.74) is 5.99. The van der Waals surface area contributed by atoms with Gasteiger partial charge in [-0.15, -0.1) is 0 Å². The fourth-order valence-electron chi connectivity index (χ4n) is 2.60. The molecule has 1 aliphatic carbocycles. The third-order valence-electron chi connectivity index (χ3n) is 3.59. The van der Waals surface area contributed by atoms with Crippen molar-refractivity contribution in [3.63, 3.8) is 0 Å². The quantitative estimate of drug-likeness (QED) is 0.851. The molecule has 0 unspecified atom stereocenters. The first-order valence-electron chi connectivity index (χ1n) is 6.68. The molecule has 0 bridgehead atoms. The maximum atomic E-state index is 12.2. The van der Waals surface area contributed by atoms with Gasteiger partial charge in [-0.2, -0.15) is 0 Å². The lowest BCUT2D eigenvalue weighted by atomic mass is 10.1. The third kappa shape index (κ3) is 3.10. The molecule has 1 aromatic heterocycles. The maximum Gasteiger partial charge on any atom is 0.273 e. The van der Waals surface area contributed by atoms with Crippen LogP contribution in [0.5, 0.6) is 0 Å². The molecule has 1 saturated carbocycles. The summed E-state index contributed by atoms with van der Waals surface area (Å²) in [4.78, 5) is 18.1. The smallest absolute Gasteiger partial charge is 0.273 e. The van der Waals surface area contributed by atoms with Crippen LogP contribution in [0.4, 0.5) is 0 Å². The minimum Gasteiger partial charge on any atom is -0.340 e. The van der Waals surface area contributed by atoms with Gasteiger partial charge in [0, 0.05) is 32.9 Å². The molecule has 1 aromatic rings. The van der Waals surface area contributed by atoms with Crippen LogP contribution in [0.3, 0.4) is 0 Å². The van der Waals surface area contributed by atoms with Gasteiger partial charge in [-0.05, 0) is 18.8 Å². The second-order valence-electron chi connectivity index (χ2n) is 5.12. The van der Waals surface area contributed by atoms with Crippen molar-refractivity contribution in [3.05, 3.63) is 18.2 Å². The van der Waals surface area contributed by atoms with E-state index in [9.17, 15) is 4.79 Å². The predicted molar refractivity (Wildman–Crippen MR) is 70.2 cm³/mol. The topological polar surface area (TPSA) is 64.2 Å². The Balaban J connectivity index is 1.91. The highest BCUT2D eigenvalue weighted by Crippen LogP contribution is 2.25. The second-order valence-corrected chi connectivity index (χ2v) is 5.12. The van der Waals surface area contributed by atoms with E-state index in [-0.39, 0.29) is 5.91 Å². The number of nitrogens with two attached hydrogens (primary N) is 1. The van der Waals surface area contributed by atoms with E-state index in [4.69, 9.17) is 5.73 Å². The van der Waals surface area contributed by atoms with E-state index in [2.05, 4.69) is 4.98 Å². The molecule has 0 radical (unpaired) electrons. The summed E-state index contributed by atoms with van der Waals surface area (Å²) < 4.78 is 1.86. The number of aromatic nitrogens is 2. The lowest BCUT2D eigenvalue weighted by molar-refractivity contribution is 0.0768. The average Bonchev–Trinajstić information content (AvgIpc) is 3.00. The second kappa shape index (κ2) is 6.00. The van der Waals surface area contributed by atoms with Crippen LogP contribution in [0.1, 0.15) is 36.2 Å². The predicted octanol–water partition coefficient (Wildman–Crippen LogP) is 1.10. The van der Waals surface area contributed by atoms with Crippen LogP contribution in [-0.2, 0) is 6.54 Å². The molecule has 2 rings (SSSR count). The molecule has 100 valence electrons. The summed E-state index contributed by atoms with van der Waals surface area (Å²) in [5.74, 6) is 0.683. The molecule has 0 saturated heterocycles. The van der Waals surface area contributed by atoms with Gasteiger partial charge in [-0.1, -0.05) is 12.8 Å². The molecule has 5 heteroatoms. The van der Waals surface area contributed by atoms with Gasteiger partial charge in [-0.25, -0.2) is 4.98 Å². The fraction of sp³-hybridized carbons (Fsp3) is 0.692. The van der Waals surface area contributed by atoms with Crippen molar-refractivity contribution < 1.29 is 4.79 Å². The molecule has 0 aromatic carbocycles. The third-order valence-corrected chi connectivity index (χ3v) is 3.59. The fourth-order valence-corrected chi connectivity index (χ4v) is 2.60. The highest BCUT2D eigenvalue weighted by Gasteiger charge is 2.21. The molecule has 18 heavy (non-hydrogen) atoms. The number of nitrogens with zero attached hydrogens (tertiary/aromatic N) is 3. The molecule has 1 fully saturated rings. The minimum atomic E-state index is 0.0117. The maximum absolute atomic E-state index is 12.2. The van der Waals surface area contributed by atoms with E-state index < -0.39 is 0 Å². The van der Waals surface area contributed by atoms with Crippen molar-refractivity contribution in [2.75, 3.05) is 20.1 Å². The Hall–Kier alpha value is -1.36. The molecule has 2 N–H and O–H groups in total. The van der Waals surface area contributed by atoms with Crippen molar-refractivity contribution in [2.45, 2.75) is 32.2 Å². The number of carbonyl (C=O) groups excluding carboxylic acids is 1. The molecule has 0 spiro atoms. The summed E-state index contributed by atoms with van der Waals surface area (Å²) >= 11 is 0. The van der Waals surface area contributed by atoms with Crippen LogP contribution in [0, 0.1) is 5.92 Å². The molecule has 0 atom stereocenters. The van der Waals surface area contributed by atoms with E-state index in [1.165, 1.54) is 25.7 Å². The molecule has 1 aliphatic rings. The number of hydrogen-bond acceptors (Lipinski definition) is 3. The van der Waals surface area contributed by atoms with Gasteiger partial charge in [0.2, 0.25) is 0 Å². The zero-order valence-corrected chi connectivity index (χ0v) is 11.0. The first-order valence-corrected chi connectivity index (χ1v) is 6.68. The van der Waals surface area contributed by atoms with Crippen LogP contribution in [-0.4, -0.2) is 40.5 Å². The summed E-state index contributed by atoms with van der Waals surface area (Å²) in [6.07, 6.45) is 8.55. The molecule has 1 amide bonds. The SMILES string of the molecule is CN(CC1CCCC1)C(=O)c1cn(CCN)cn1. The Labute approximate surface area is 108 Å². The number of hydrogen-bond donors (Lipinski definition) is 1. The highest BCUT2D eigenvalue weighted by atomic mass is 16.2. The van der Waals surface area contributed by atoms with Crippen molar-refractivity contribution >= 4 is 5.91 Å². The Morgan fingerprint density at radius 3 is 2.94 bits per heavy atom. The van der Waals surface area contributed by atoms with Crippen LogP contribution >= 0.6 is 0 Å². The van der Waals surface area contributed by atoms with E-state index >= 15 is 0 Å². The van der Waals surface area contributed by atoms with Crippen molar-refractivity contribution in [1.82, 2.24) is 14.5 Å². The number of imidazole rings is 1. The van der Waals surface area contributed by atoms with E-state index in [0.29, 0.717) is 24.7 Å². The molecule has 5 nitrogen and oxygen atoms in total. The molecule has 1 heterocycles. The lowest BCUT2D eigenvalue weighted by Gasteiger charge is -2.20. The highest BCUT2D eigenvalue weighted by molar-refractivity contribution is 5.91. The largest absolute Gasteiger partial charge is 0.340 e. The normalized spacial score (nSPS) is 16.1. The van der Waals surface area contributed by atoms with Crippen molar-refractivity contribution in [1.29, 1.82) is 0 Å². The van der Waals surface area contributed by atoms with E-state index in [1.807, 2.05) is 11.6 Å². The van der Waals surface area contributed by atoms with Crippen LogP contribution in [0.25, 0.3) is 0 Å². The lowest BCUT2D eigenvalue weighted by Crippen LogP contribution is -2.31. The Kier molecular flexibility index (Phi) is 4.36. The summed E-state index contributed by atoms with van der Waals surface area (Å²) in [5, 5.41) is 0. The minimum absolute atomic E-state index is 0.0117. The summed E-state index contributed by atoms with van der Waals surface area (Å²) in [7, 11) is 1.86. The summed E-state index contributed by atoms with van der Waals surface area (Å²) in [6, 6.07) is 0. The van der Waals surface area contributed by atoms with Crippen LogP contribution in [0.15, 0.2) is 12.5 Å². The van der Waals surface area contributed by atoms with Crippen LogP contribution < -0.4 is 5.73 Å². The van der Waals surface area contributed by atoms with Gasteiger partial charge in [0.05, 0.1) is 6.33 Å². The Morgan fingerprint density at radius 2 is 2.28 bits per heavy atom. The standard InChI is InChI=1S/C13H22N4O/c1-16(8-11-4-2-3-5-11)13(18)12-9-17(7-6-14)10-15-12/h9-11H,2-8,14H2,1H3. The van der Waals surface area contributed by atoms with E-state index in [0.717, 1.165) is 6.54 Å². The zero-order valence-electron chi connectivity index (χ0n) is 11.0. The Morgan fingerprint density at radius 1 is 1.56 bits per heavy atom. The van der Waals surface area contributed by atoms with E-state index in [1.54, 1.807) is 17.4 Å². The van der Waals surface area contributed by atoms with Crippen molar-refractivity contribution in [2.24, 2.45) is 11.7 Å². The first kappa shape index (κ1) is 13.1. The zero-order chi connectivity index (χ0) is 13.0. The van der Waals surface area contributed by atoms with Crippen molar-refractivity contribution in [3.8, 4) is 0 Å². The first-order chi connectivity index (χ1) is 8.70. The van der Waals surface area contributed by atoms with Gasteiger partial charge in [0.1, 0.15) is 5.69 Å².